The summed E-state index contributed by atoms with van der Waals surface area (Å²) in [4.78, 5) is 38.1. The van der Waals surface area contributed by atoms with E-state index in [2.05, 4.69) is 10.3 Å². The summed E-state index contributed by atoms with van der Waals surface area (Å²) in [5.74, 6) is -0.949. The van der Waals surface area contributed by atoms with Crippen molar-refractivity contribution in [3.63, 3.8) is 0 Å². The SMILES string of the molecule is CCNC(=O)CN(C)C(=O)c1cc([N+](=O)[O-])cnc1Cl. The van der Waals surface area contributed by atoms with E-state index in [1.165, 1.54) is 7.05 Å². The highest BCUT2D eigenvalue weighted by molar-refractivity contribution is 6.32. The van der Waals surface area contributed by atoms with Crippen LogP contribution in [0.1, 0.15) is 17.3 Å². The highest BCUT2D eigenvalue weighted by Gasteiger charge is 2.21. The number of hydrogen-bond acceptors (Lipinski definition) is 5. The number of nitrogens with one attached hydrogen (secondary N) is 1. The fourth-order valence-corrected chi connectivity index (χ4v) is 1.62. The third-order valence-electron chi connectivity index (χ3n) is 2.37. The zero-order chi connectivity index (χ0) is 15.3. The van der Waals surface area contributed by atoms with E-state index in [1.54, 1.807) is 6.92 Å². The lowest BCUT2D eigenvalue weighted by atomic mass is 10.2. The van der Waals surface area contributed by atoms with Gasteiger partial charge in [-0.15, -0.1) is 0 Å². The minimum atomic E-state index is -0.677. The summed E-state index contributed by atoms with van der Waals surface area (Å²) in [7, 11) is 1.40. The number of aromatic nitrogens is 1. The van der Waals surface area contributed by atoms with Crippen molar-refractivity contribution < 1.29 is 14.5 Å². The first-order chi connectivity index (χ1) is 9.36. The monoisotopic (exact) mass is 300 g/mol. The van der Waals surface area contributed by atoms with Crippen LogP contribution in [0.25, 0.3) is 0 Å². The van der Waals surface area contributed by atoms with Crippen LogP contribution in [0.5, 0.6) is 0 Å². The van der Waals surface area contributed by atoms with Crippen LogP contribution in [-0.2, 0) is 4.79 Å². The van der Waals surface area contributed by atoms with Crippen molar-refractivity contribution in [1.29, 1.82) is 0 Å². The Hall–Kier alpha value is -2.22. The van der Waals surface area contributed by atoms with Gasteiger partial charge in [-0.3, -0.25) is 19.7 Å². The molecule has 0 saturated carbocycles. The quantitative estimate of drug-likeness (QED) is 0.493. The van der Waals surface area contributed by atoms with Crippen molar-refractivity contribution in [2.24, 2.45) is 0 Å². The van der Waals surface area contributed by atoms with E-state index in [9.17, 15) is 19.7 Å². The largest absolute Gasteiger partial charge is 0.355 e. The third kappa shape index (κ3) is 3.89. The highest BCUT2D eigenvalue weighted by Crippen LogP contribution is 2.20. The van der Waals surface area contributed by atoms with Gasteiger partial charge in [0.05, 0.1) is 17.0 Å². The molecule has 0 radical (unpaired) electrons. The number of likely N-dealkylation sites (N-methyl/N-ethyl adjacent to an activating group) is 2. The van der Waals surface area contributed by atoms with Crippen LogP contribution in [0, 0.1) is 10.1 Å². The van der Waals surface area contributed by atoms with Gasteiger partial charge < -0.3 is 10.2 Å². The molecular formula is C11H13ClN4O4. The Labute approximate surface area is 119 Å². The lowest BCUT2D eigenvalue weighted by Crippen LogP contribution is -2.38. The van der Waals surface area contributed by atoms with Gasteiger partial charge in [-0.25, -0.2) is 4.98 Å². The second-order valence-electron chi connectivity index (χ2n) is 3.90. The van der Waals surface area contributed by atoms with Gasteiger partial charge in [-0.1, -0.05) is 11.6 Å². The Bertz CT molecular complexity index is 549. The highest BCUT2D eigenvalue weighted by atomic mass is 35.5. The minimum Gasteiger partial charge on any atom is -0.355 e. The lowest BCUT2D eigenvalue weighted by Gasteiger charge is -2.16. The normalized spacial score (nSPS) is 9.95. The zero-order valence-corrected chi connectivity index (χ0v) is 11.7. The number of amides is 2. The van der Waals surface area contributed by atoms with Gasteiger partial charge in [-0.2, -0.15) is 0 Å². The van der Waals surface area contributed by atoms with E-state index < -0.39 is 10.8 Å². The Kier molecular flexibility index (Phi) is 5.39. The van der Waals surface area contributed by atoms with Crippen LogP contribution in [0.2, 0.25) is 5.15 Å². The van der Waals surface area contributed by atoms with E-state index in [0.717, 1.165) is 17.2 Å². The second kappa shape index (κ2) is 6.80. The van der Waals surface area contributed by atoms with E-state index in [-0.39, 0.29) is 28.9 Å². The molecule has 2 amide bonds. The number of nitrogens with zero attached hydrogens (tertiary/aromatic N) is 3. The van der Waals surface area contributed by atoms with Crippen LogP contribution in [0.15, 0.2) is 12.3 Å². The van der Waals surface area contributed by atoms with Crippen LogP contribution in [0.3, 0.4) is 0 Å². The Morgan fingerprint density at radius 3 is 2.75 bits per heavy atom. The molecule has 0 bridgehead atoms. The van der Waals surface area contributed by atoms with Gasteiger partial charge in [0.15, 0.2) is 0 Å². The van der Waals surface area contributed by atoms with Crippen molar-refractivity contribution >= 4 is 29.1 Å². The average molecular weight is 301 g/mol. The van der Waals surface area contributed by atoms with E-state index in [0.29, 0.717) is 6.54 Å². The number of halogens is 1. The predicted octanol–water partition coefficient (Wildman–Crippen LogP) is 0.851. The van der Waals surface area contributed by atoms with Crippen LogP contribution in [0.4, 0.5) is 5.69 Å². The third-order valence-corrected chi connectivity index (χ3v) is 2.67. The summed E-state index contributed by atoms with van der Waals surface area (Å²) in [6, 6.07) is 1.03. The Morgan fingerprint density at radius 2 is 2.20 bits per heavy atom. The second-order valence-corrected chi connectivity index (χ2v) is 4.26. The predicted molar refractivity (Wildman–Crippen MR) is 71.5 cm³/mol. The number of pyridine rings is 1. The fraction of sp³-hybridized carbons (Fsp3) is 0.364. The molecule has 0 aliphatic rings. The molecule has 0 fully saturated rings. The van der Waals surface area contributed by atoms with Gasteiger partial charge in [0.1, 0.15) is 11.3 Å². The number of nitro groups is 1. The Balaban J connectivity index is 2.93. The molecule has 1 heterocycles. The van der Waals surface area contributed by atoms with E-state index in [4.69, 9.17) is 11.6 Å². The van der Waals surface area contributed by atoms with Crippen molar-refractivity contribution in [2.75, 3.05) is 20.1 Å². The number of carbonyl (C=O) groups excluding carboxylic acids is 2. The van der Waals surface area contributed by atoms with Crippen LogP contribution in [-0.4, -0.2) is 46.8 Å². The smallest absolute Gasteiger partial charge is 0.288 e. The number of carbonyl (C=O) groups is 2. The first kappa shape index (κ1) is 15.8. The summed E-state index contributed by atoms with van der Waals surface area (Å²) < 4.78 is 0. The van der Waals surface area contributed by atoms with E-state index >= 15 is 0 Å². The minimum absolute atomic E-state index is 0.118. The maximum atomic E-state index is 12.1. The molecule has 1 rings (SSSR count). The molecule has 1 aromatic heterocycles. The number of hydrogen-bond donors (Lipinski definition) is 1. The first-order valence-electron chi connectivity index (χ1n) is 5.69. The molecule has 1 N–H and O–H groups in total. The molecule has 1 aromatic rings. The average Bonchev–Trinajstić information content (AvgIpc) is 2.38. The first-order valence-corrected chi connectivity index (χ1v) is 6.06. The molecule has 0 atom stereocenters. The fourth-order valence-electron chi connectivity index (χ4n) is 1.43. The lowest BCUT2D eigenvalue weighted by molar-refractivity contribution is -0.385. The molecule has 0 saturated heterocycles. The van der Waals surface area contributed by atoms with Crippen LogP contribution < -0.4 is 5.32 Å². The summed E-state index contributed by atoms with van der Waals surface area (Å²) >= 11 is 5.76. The molecule has 20 heavy (non-hydrogen) atoms. The summed E-state index contributed by atoms with van der Waals surface area (Å²) in [6.07, 6.45) is 0.961. The molecule has 9 heteroatoms. The van der Waals surface area contributed by atoms with Gasteiger partial charge >= 0.3 is 0 Å². The standard InChI is InChI=1S/C11H13ClN4O4/c1-3-13-9(17)6-15(2)11(18)8-4-7(16(19)20)5-14-10(8)12/h4-5H,3,6H2,1-2H3,(H,13,17). The van der Waals surface area contributed by atoms with Gasteiger partial charge in [0.25, 0.3) is 11.6 Å². The maximum absolute atomic E-state index is 12.1. The molecule has 0 unspecified atom stereocenters. The van der Waals surface area contributed by atoms with Gasteiger partial charge in [-0.05, 0) is 6.92 Å². The Morgan fingerprint density at radius 1 is 1.55 bits per heavy atom. The molecule has 8 nitrogen and oxygen atoms in total. The molecule has 0 spiro atoms. The molecular weight excluding hydrogens is 288 g/mol. The molecule has 0 aliphatic heterocycles. The summed E-state index contributed by atoms with van der Waals surface area (Å²) in [5, 5.41) is 13.0. The van der Waals surface area contributed by atoms with E-state index in [1.807, 2.05) is 0 Å². The van der Waals surface area contributed by atoms with Crippen molar-refractivity contribution in [1.82, 2.24) is 15.2 Å². The van der Waals surface area contributed by atoms with Crippen molar-refractivity contribution in [3.8, 4) is 0 Å². The summed E-state index contributed by atoms with van der Waals surface area (Å²) in [5.41, 5.74) is -0.461. The summed E-state index contributed by atoms with van der Waals surface area (Å²) in [6.45, 7) is 2.02. The molecule has 0 aliphatic carbocycles. The van der Waals surface area contributed by atoms with Gasteiger partial charge in [0.2, 0.25) is 5.91 Å². The van der Waals surface area contributed by atoms with Crippen molar-refractivity contribution in [3.05, 3.63) is 33.1 Å². The van der Waals surface area contributed by atoms with Crippen molar-refractivity contribution in [2.45, 2.75) is 6.92 Å². The topological polar surface area (TPSA) is 105 Å². The van der Waals surface area contributed by atoms with Crippen LogP contribution >= 0.6 is 11.6 Å². The maximum Gasteiger partial charge on any atom is 0.288 e. The molecule has 0 aromatic carbocycles. The van der Waals surface area contributed by atoms with Gasteiger partial charge in [0, 0.05) is 19.7 Å². The number of rotatable bonds is 5. The molecule has 108 valence electrons. The zero-order valence-electron chi connectivity index (χ0n) is 10.9.